The zero-order valence-electron chi connectivity index (χ0n) is 22.2. The molecule has 2 aromatic carbocycles. The first-order valence-corrected chi connectivity index (χ1v) is 12.5. The van der Waals surface area contributed by atoms with E-state index in [-0.39, 0.29) is 39.9 Å². The van der Waals surface area contributed by atoms with Gasteiger partial charge < -0.3 is 30.3 Å². The van der Waals surface area contributed by atoms with Gasteiger partial charge in [0, 0.05) is 42.5 Å². The average molecular weight is 561 g/mol. The summed E-state index contributed by atoms with van der Waals surface area (Å²) >= 11 is 5.96. The number of nitro benzene ring substituents is 1. The lowest BCUT2D eigenvalue weighted by Gasteiger charge is -2.23. The summed E-state index contributed by atoms with van der Waals surface area (Å²) in [7, 11) is 5.45. The number of aromatic nitrogens is 3. The Labute approximate surface area is 229 Å². The van der Waals surface area contributed by atoms with Crippen molar-refractivity contribution in [3.8, 4) is 5.75 Å². The maximum Gasteiger partial charge on any atom is 0.294 e. The van der Waals surface area contributed by atoms with Crippen LogP contribution in [0.1, 0.15) is 25.8 Å². The van der Waals surface area contributed by atoms with Crippen LogP contribution in [-0.2, 0) is 5.60 Å². The summed E-state index contributed by atoms with van der Waals surface area (Å²) in [6.07, 6.45) is 2.12. The Morgan fingerprint density at radius 2 is 1.87 bits per heavy atom. The van der Waals surface area contributed by atoms with Crippen LogP contribution in [0.3, 0.4) is 0 Å². The first-order valence-electron chi connectivity index (χ1n) is 12.1. The van der Waals surface area contributed by atoms with Crippen LogP contribution in [0.5, 0.6) is 5.75 Å². The van der Waals surface area contributed by atoms with Crippen LogP contribution in [0.15, 0.2) is 30.6 Å². The maximum atomic E-state index is 14.1. The zero-order valence-corrected chi connectivity index (χ0v) is 23.0. The van der Waals surface area contributed by atoms with Gasteiger partial charge in [-0.25, -0.2) is 14.4 Å². The van der Waals surface area contributed by atoms with Crippen LogP contribution in [0.25, 0.3) is 0 Å². The van der Waals surface area contributed by atoms with Crippen molar-refractivity contribution in [2.24, 2.45) is 0 Å². The van der Waals surface area contributed by atoms with E-state index < -0.39 is 16.3 Å². The van der Waals surface area contributed by atoms with Crippen molar-refractivity contribution < 1.29 is 19.2 Å². The number of likely N-dealkylation sites (N-methyl/N-ethyl adjacent to an activating group) is 1. The fraction of sp³-hybridized carbons (Fsp3) is 0.400. The summed E-state index contributed by atoms with van der Waals surface area (Å²) in [5.74, 6) is -0.175. The fourth-order valence-corrected chi connectivity index (χ4v) is 4.58. The van der Waals surface area contributed by atoms with Gasteiger partial charge in [0.15, 0.2) is 0 Å². The van der Waals surface area contributed by atoms with Crippen LogP contribution < -0.4 is 20.3 Å². The molecule has 2 heterocycles. The number of hydrogen-bond donors (Lipinski definition) is 3. The van der Waals surface area contributed by atoms with E-state index in [9.17, 15) is 19.6 Å². The van der Waals surface area contributed by atoms with Crippen molar-refractivity contribution >= 4 is 46.2 Å². The average Bonchev–Trinajstić information content (AvgIpc) is 3.36. The van der Waals surface area contributed by atoms with Crippen LogP contribution >= 0.6 is 11.6 Å². The Hall–Kier alpha value is -3.81. The molecule has 0 bridgehead atoms. The van der Waals surface area contributed by atoms with Crippen LogP contribution in [0.4, 0.5) is 39.0 Å². The van der Waals surface area contributed by atoms with Crippen LogP contribution in [0, 0.1) is 15.9 Å². The molecular formula is C25H30ClFN8O4. The van der Waals surface area contributed by atoms with Gasteiger partial charge in [-0.1, -0.05) is 11.6 Å². The molecule has 12 nitrogen and oxygen atoms in total. The van der Waals surface area contributed by atoms with Gasteiger partial charge in [-0.3, -0.25) is 10.1 Å². The van der Waals surface area contributed by atoms with E-state index in [0.717, 1.165) is 12.5 Å². The lowest BCUT2D eigenvalue weighted by atomic mass is 9.96. The van der Waals surface area contributed by atoms with Gasteiger partial charge in [0.05, 0.1) is 28.3 Å². The van der Waals surface area contributed by atoms with Gasteiger partial charge in [-0.2, -0.15) is 4.98 Å². The molecule has 208 valence electrons. The standard InChI is InChI=1S/C25H30ClFN8O4/c1-25(2,36)15-8-17(27)16(26)9-18(15)30-23-28-13-29-24(32-23)31-19-10-21(35(37)38)20(11-22(19)39-5)34-7-6-14(12-34)33(3)4/h8-11,13-14,36H,6-7,12H2,1-5H3,(H2,28,29,30,31,32)/t14-/m1/s1. The summed E-state index contributed by atoms with van der Waals surface area (Å²) in [6, 6.07) is 5.77. The normalized spacial score (nSPS) is 15.5. The number of rotatable bonds is 9. The number of anilines is 5. The second kappa shape index (κ2) is 11.1. The Kier molecular flexibility index (Phi) is 8.04. The molecular weight excluding hydrogens is 531 g/mol. The van der Waals surface area contributed by atoms with Gasteiger partial charge in [-0.05, 0) is 46.5 Å². The molecule has 3 aromatic rings. The zero-order chi connectivity index (χ0) is 28.5. The number of nitrogens with zero attached hydrogens (tertiary/aromatic N) is 6. The summed E-state index contributed by atoms with van der Waals surface area (Å²) in [5.41, 5.74) is -0.179. The van der Waals surface area contributed by atoms with E-state index >= 15 is 0 Å². The van der Waals surface area contributed by atoms with Crippen LogP contribution in [-0.4, -0.2) is 70.2 Å². The Morgan fingerprint density at radius 3 is 2.44 bits per heavy atom. The minimum atomic E-state index is -1.39. The summed E-state index contributed by atoms with van der Waals surface area (Å²) in [4.78, 5) is 28.2. The molecule has 1 aromatic heterocycles. The molecule has 1 saturated heterocycles. The van der Waals surface area contributed by atoms with E-state index in [1.165, 1.54) is 39.4 Å². The van der Waals surface area contributed by atoms with Crippen molar-refractivity contribution in [1.29, 1.82) is 0 Å². The number of nitrogens with one attached hydrogen (secondary N) is 2. The highest BCUT2D eigenvalue weighted by Crippen LogP contribution is 2.41. The topological polar surface area (TPSA) is 142 Å². The quantitative estimate of drug-likeness (QED) is 0.252. The first-order chi connectivity index (χ1) is 18.4. The van der Waals surface area contributed by atoms with E-state index in [0.29, 0.717) is 30.2 Å². The second-order valence-corrected chi connectivity index (χ2v) is 10.3. The monoisotopic (exact) mass is 560 g/mol. The third-order valence-corrected chi connectivity index (χ3v) is 6.80. The molecule has 1 aliphatic rings. The number of nitro groups is 1. The molecule has 14 heteroatoms. The predicted molar refractivity (Wildman–Crippen MR) is 147 cm³/mol. The highest BCUT2D eigenvalue weighted by atomic mass is 35.5. The number of hydrogen-bond acceptors (Lipinski definition) is 11. The highest BCUT2D eigenvalue weighted by molar-refractivity contribution is 6.31. The molecule has 1 atom stereocenters. The van der Waals surface area contributed by atoms with Crippen molar-refractivity contribution in [2.75, 3.05) is 49.8 Å². The van der Waals surface area contributed by atoms with Gasteiger partial charge in [0.25, 0.3) is 5.69 Å². The molecule has 0 unspecified atom stereocenters. The third kappa shape index (κ3) is 6.27. The van der Waals surface area contributed by atoms with Gasteiger partial charge in [0.2, 0.25) is 11.9 Å². The second-order valence-electron chi connectivity index (χ2n) is 9.90. The van der Waals surface area contributed by atoms with Gasteiger partial charge >= 0.3 is 0 Å². The van der Waals surface area contributed by atoms with E-state index in [4.69, 9.17) is 16.3 Å². The fourth-order valence-electron chi connectivity index (χ4n) is 4.42. The predicted octanol–water partition coefficient (Wildman–Crippen LogP) is 4.44. The summed E-state index contributed by atoms with van der Waals surface area (Å²) in [6.45, 7) is 4.36. The van der Waals surface area contributed by atoms with Crippen molar-refractivity contribution in [1.82, 2.24) is 19.9 Å². The summed E-state index contributed by atoms with van der Waals surface area (Å²) in [5, 5.41) is 28.2. The third-order valence-electron chi connectivity index (χ3n) is 6.51. The van der Waals surface area contributed by atoms with Gasteiger partial charge in [0.1, 0.15) is 23.6 Å². The summed E-state index contributed by atoms with van der Waals surface area (Å²) < 4.78 is 19.6. The molecule has 4 rings (SSSR count). The van der Waals surface area contributed by atoms with Gasteiger partial charge in [-0.15, -0.1) is 0 Å². The minimum absolute atomic E-state index is 0.0672. The van der Waals surface area contributed by atoms with E-state index in [2.05, 4.69) is 30.5 Å². The molecule has 3 N–H and O–H groups in total. The molecule has 39 heavy (non-hydrogen) atoms. The number of methoxy groups -OCH3 is 1. The SMILES string of the molecule is COc1cc(N2CC[C@@H](N(C)C)C2)c([N+](=O)[O-])cc1Nc1ncnc(Nc2cc(Cl)c(F)cc2C(C)(C)O)n1. The lowest BCUT2D eigenvalue weighted by molar-refractivity contribution is -0.384. The Morgan fingerprint density at radius 1 is 1.21 bits per heavy atom. The molecule has 0 aliphatic carbocycles. The van der Waals surface area contributed by atoms with Crippen molar-refractivity contribution in [2.45, 2.75) is 31.9 Å². The molecule has 1 fully saturated rings. The Bertz CT molecular complexity index is 1380. The minimum Gasteiger partial charge on any atom is -0.494 e. The Balaban J connectivity index is 1.64. The maximum absolute atomic E-state index is 14.1. The van der Waals surface area contributed by atoms with Crippen LogP contribution in [0.2, 0.25) is 5.02 Å². The van der Waals surface area contributed by atoms with Crippen molar-refractivity contribution in [3.63, 3.8) is 0 Å². The molecule has 1 aliphatic heterocycles. The first kappa shape index (κ1) is 28.2. The number of halogens is 2. The number of ether oxygens (including phenoxy) is 1. The smallest absolute Gasteiger partial charge is 0.294 e. The van der Waals surface area contributed by atoms with E-state index in [1.807, 2.05) is 19.0 Å². The molecule has 0 amide bonds. The number of aliphatic hydroxyl groups is 1. The lowest BCUT2D eigenvalue weighted by Crippen LogP contribution is -2.31. The molecule has 0 spiro atoms. The number of benzene rings is 2. The van der Waals surface area contributed by atoms with E-state index in [1.54, 1.807) is 6.07 Å². The molecule has 0 saturated carbocycles. The van der Waals surface area contributed by atoms with Crippen molar-refractivity contribution in [3.05, 3.63) is 57.1 Å². The highest BCUT2D eigenvalue weighted by Gasteiger charge is 2.30. The molecule has 0 radical (unpaired) electrons. The largest absolute Gasteiger partial charge is 0.494 e.